The summed E-state index contributed by atoms with van der Waals surface area (Å²) < 4.78 is 0. The first kappa shape index (κ1) is 10.5. The summed E-state index contributed by atoms with van der Waals surface area (Å²) >= 11 is 0. The Morgan fingerprint density at radius 1 is 1.46 bits per heavy atom. The summed E-state index contributed by atoms with van der Waals surface area (Å²) in [6, 6.07) is 0. The molecule has 74 valence electrons. The molecule has 2 atom stereocenters. The Kier molecular flexibility index (Phi) is 2.94. The van der Waals surface area contributed by atoms with Gasteiger partial charge < -0.3 is 10.2 Å². The van der Waals surface area contributed by atoms with Gasteiger partial charge in [-0.3, -0.25) is 0 Å². The van der Waals surface area contributed by atoms with Crippen molar-refractivity contribution in [1.82, 2.24) is 0 Å². The van der Waals surface area contributed by atoms with E-state index in [9.17, 15) is 10.2 Å². The van der Waals surface area contributed by atoms with Crippen LogP contribution in [0.5, 0.6) is 0 Å². The topological polar surface area (TPSA) is 40.5 Å². The Morgan fingerprint density at radius 3 is 2.46 bits per heavy atom. The molecule has 0 spiro atoms. The van der Waals surface area contributed by atoms with Gasteiger partial charge in [0.2, 0.25) is 0 Å². The fourth-order valence-electron chi connectivity index (χ4n) is 1.33. The Hall–Kier alpha value is -0.600. The molecule has 0 saturated heterocycles. The molecule has 0 radical (unpaired) electrons. The van der Waals surface area contributed by atoms with E-state index in [0.29, 0.717) is 6.42 Å². The number of hydrogen-bond acceptors (Lipinski definition) is 2. The lowest BCUT2D eigenvalue weighted by atomic mass is 9.83. The zero-order valence-corrected chi connectivity index (χ0v) is 8.49. The van der Waals surface area contributed by atoms with Gasteiger partial charge in [-0.05, 0) is 17.4 Å². The highest BCUT2D eigenvalue weighted by Gasteiger charge is 2.25. The quantitative estimate of drug-likeness (QED) is 0.647. The van der Waals surface area contributed by atoms with Crippen LogP contribution >= 0.6 is 0 Å². The average Bonchev–Trinajstić information content (AvgIpc) is 2.03. The van der Waals surface area contributed by atoms with E-state index in [4.69, 9.17) is 0 Å². The lowest BCUT2D eigenvalue weighted by Gasteiger charge is -2.28. The average molecular weight is 182 g/mol. The van der Waals surface area contributed by atoms with Crippen molar-refractivity contribution in [2.24, 2.45) is 5.41 Å². The summed E-state index contributed by atoms with van der Waals surface area (Å²) in [4.78, 5) is 0. The third-order valence-electron chi connectivity index (χ3n) is 2.24. The zero-order valence-electron chi connectivity index (χ0n) is 8.49. The van der Waals surface area contributed by atoms with Crippen molar-refractivity contribution in [2.45, 2.75) is 39.4 Å². The minimum absolute atomic E-state index is 0.140. The molecular weight excluding hydrogens is 164 g/mol. The minimum atomic E-state index is -0.448. The molecule has 1 aliphatic carbocycles. The van der Waals surface area contributed by atoms with E-state index in [0.717, 1.165) is 5.57 Å². The first-order valence-electron chi connectivity index (χ1n) is 4.65. The molecule has 0 fully saturated rings. The standard InChI is InChI=1S/C11H18O2/c1-11(2,3)10(13)8-4-6-9(12)7-5-8/h4-6,9-10,12-13H,7H2,1-3H3. The van der Waals surface area contributed by atoms with Gasteiger partial charge >= 0.3 is 0 Å². The van der Waals surface area contributed by atoms with Crippen LogP contribution in [-0.2, 0) is 0 Å². The van der Waals surface area contributed by atoms with Crippen molar-refractivity contribution in [2.75, 3.05) is 0 Å². The summed E-state index contributed by atoms with van der Waals surface area (Å²) in [5, 5.41) is 19.1. The van der Waals surface area contributed by atoms with Crippen LogP contribution in [0.4, 0.5) is 0 Å². The van der Waals surface area contributed by atoms with Crippen LogP contribution in [0.15, 0.2) is 23.8 Å². The van der Waals surface area contributed by atoms with Crippen LogP contribution in [0, 0.1) is 5.41 Å². The maximum absolute atomic E-state index is 9.90. The lowest BCUT2D eigenvalue weighted by molar-refractivity contribution is 0.0964. The van der Waals surface area contributed by atoms with E-state index in [1.807, 2.05) is 32.9 Å². The van der Waals surface area contributed by atoms with E-state index in [1.165, 1.54) is 0 Å². The number of aliphatic hydroxyl groups excluding tert-OH is 2. The second kappa shape index (κ2) is 3.64. The molecule has 0 aliphatic heterocycles. The van der Waals surface area contributed by atoms with E-state index in [1.54, 1.807) is 6.08 Å². The third-order valence-corrected chi connectivity index (χ3v) is 2.24. The molecule has 0 aromatic carbocycles. The molecular formula is C11H18O2. The molecule has 2 N–H and O–H groups in total. The van der Waals surface area contributed by atoms with E-state index in [-0.39, 0.29) is 11.5 Å². The molecule has 0 heterocycles. The predicted octanol–water partition coefficient (Wildman–Crippen LogP) is 1.64. The summed E-state index contributed by atoms with van der Waals surface area (Å²) in [7, 11) is 0. The van der Waals surface area contributed by atoms with Crippen LogP contribution in [0.25, 0.3) is 0 Å². The first-order chi connectivity index (χ1) is 5.91. The fourth-order valence-corrected chi connectivity index (χ4v) is 1.33. The van der Waals surface area contributed by atoms with Crippen LogP contribution in [0.2, 0.25) is 0 Å². The van der Waals surface area contributed by atoms with Gasteiger partial charge in [-0.2, -0.15) is 0 Å². The summed E-state index contributed by atoms with van der Waals surface area (Å²) in [5.41, 5.74) is 0.774. The largest absolute Gasteiger partial charge is 0.389 e. The number of hydrogen-bond donors (Lipinski definition) is 2. The van der Waals surface area contributed by atoms with E-state index in [2.05, 4.69) is 0 Å². The lowest BCUT2D eigenvalue weighted by Crippen LogP contribution is -2.28. The maximum atomic E-state index is 9.90. The van der Waals surface area contributed by atoms with Crippen LogP contribution in [-0.4, -0.2) is 22.4 Å². The van der Waals surface area contributed by atoms with E-state index >= 15 is 0 Å². The number of rotatable bonds is 1. The third kappa shape index (κ3) is 2.68. The van der Waals surface area contributed by atoms with Crippen LogP contribution in [0.1, 0.15) is 27.2 Å². The highest BCUT2D eigenvalue weighted by atomic mass is 16.3. The van der Waals surface area contributed by atoms with Gasteiger partial charge in [-0.25, -0.2) is 0 Å². The molecule has 13 heavy (non-hydrogen) atoms. The molecule has 0 aromatic heterocycles. The second-order valence-electron chi connectivity index (χ2n) is 4.63. The molecule has 2 nitrogen and oxygen atoms in total. The van der Waals surface area contributed by atoms with Crippen molar-refractivity contribution < 1.29 is 10.2 Å². The second-order valence-corrected chi connectivity index (χ2v) is 4.63. The highest BCUT2D eigenvalue weighted by Crippen LogP contribution is 2.27. The van der Waals surface area contributed by atoms with Crippen molar-refractivity contribution in [3.63, 3.8) is 0 Å². The van der Waals surface area contributed by atoms with Crippen molar-refractivity contribution in [1.29, 1.82) is 0 Å². The highest BCUT2D eigenvalue weighted by molar-refractivity contribution is 5.29. The van der Waals surface area contributed by atoms with Gasteiger partial charge in [-0.15, -0.1) is 0 Å². The molecule has 1 rings (SSSR count). The Balaban J connectivity index is 2.70. The molecule has 2 unspecified atom stereocenters. The smallest absolute Gasteiger partial charge is 0.0835 e. The first-order valence-corrected chi connectivity index (χ1v) is 4.65. The zero-order chi connectivity index (χ0) is 10.1. The number of aliphatic hydroxyl groups is 2. The minimum Gasteiger partial charge on any atom is -0.389 e. The molecule has 0 aromatic rings. The molecule has 0 amide bonds. The van der Waals surface area contributed by atoms with Crippen molar-refractivity contribution >= 4 is 0 Å². The molecule has 2 heteroatoms. The fraction of sp³-hybridized carbons (Fsp3) is 0.636. The predicted molar refractivity (Wildman–Crippen MR) is 53.3 cm³/mol. The van der Waals surface area contributed by atoms with Gasteiger partial charge in [0.15, 0.2) is 0 Å². The van der Waals surface area contributed by atoms with Crippen LogP contribution in [0.3, 0.4) is 0 Å². The molecule has 0 bridgehead atoms. The monoisotopic (exact) mass is 182 g/mol. The molecule has 1 aliphatic rings. The van der Waals surface area contributed by atoms with Gasteiger partial charge in [0, 0.05) is 0 Å². The van der Waals surface area contributed by atoms with Gasteiger partial charge in [0.1, 0.15) is 0 Å². The Bertz CT molecular complexity index is 233. The van der Waals surface area contributed by atoms with Gasteiger partial charge in [-0.1, -0.05) is 39.0 Å². The molecule has 0 saturated carbocycles. The maximum Gasteiger partial charge on any atom is 0.0835 e. The van der Waals surface area contributed by atoms with Gasteiger partial charge in [0.05, 0.1) is 12.2 Å². The van der Waals surface area contributed by atoms with Crippen molar-refractivity contribution in [3.05, 3.63) is 23.8 Å². The SMILES string of the molecule is CC(C)(C)C(O)C1=CCC(O)C=C1. The summed E-state index contributed by atoms with van der Waals surface area (Å²) in [5.74, 6) is 0. The summed E-state index contributed by atoms with van der Waals surface area (Å²) in [6.07, 6.45) is 5.22. The van der Waals surface area contributed by atoms with Gasteiger partial charge in [0.25, 0.3) is 0 Å². The Morgan fingerprint density at radius 2 is 2.08 bits per heavy atom. The van der Waals surface area contributed by atoms with Crippen LogP contribution < -0.4 is 0 Å². The summed E-state index contributed by atoms with van der Waals surface area (Å²) in [6.45, 7) is 5.99. The van der Waals surface area contributed by atoms with E-state index < -0.39 is 6.10 Å². The van der Waals surface area contributed by atoms with Crippen molar-refractivity contribution in [3.8, 4) is 0 Å². The Labute approximate surface area is 79.6 Å². The normalized spacial score (nSPS) is 25.6.